The monoisotopic (exact) mass is 479 g/mol. The quantitative estimate of drug-likeness (QED) is 0.560. The Morgan fingerprint density at radius 3 is 2.47 bits per heavy atom. The summed E-state index contributed by atoms with van der Waals surface area (Å²) in [5.74, 6) is -1.37. The maximum absolute atomic E-state index is 12.9. The molecule has 11 heteroatoms. The molecule has 1 fully saturated rings. The van der Waals surface area contributed by atoms with Gasteiger partial charge in [0.2, 0.25) is 11.8 Å². The molecular formula is C23H24F3N3O5. The molecule has 1 aliphatic rings. The highest BCUT2D eigenvalue weighted by Gasteiger charge is 2.35. The van der Waals surface area contributed by atoms with Gasteiger partial charge in [0.05, 0.1) is 18.1 Å². The minimum absolute atomic E-state index is 0.0167. The Hall–Kier alpha value is -3.60. The van der Waals surface area contributed by atoms with Gasteiger partial charge in [-0.1, -0.05) is 18.2 Å². The van der Waals surface area contributed by atoms with Crippen LogP contribution in [0.25, 0.3) is 0 Å². The van der Waals surface area contributed by atoms with E-state index in [2.05, 4.69) is 10.6 Å². The van der Waals surface area contributed by atoms with Crippen molar-refractivity contribution in [2.75, 3.05) is 37.5 Å². The van der Waals surface area contributed by atoms with Gasteiger partial charge in [0.1, 0.15) is 6.61 Å². The van der Waals surface area contributed by atoms with Crippen LogP contribution >= 0.6 is 0 Å². The topological polar surface area (TPSA) is 97.0 Å². The summed E-state index contributed by atoms with van der Waals surface area (Å²) in [5, 5.41) is 5.24. The maximum Gasteiger partial charge on any atom is 0.416 e. The van der Waals surface area contributed by atoms with Gasteiger partial charge in [0.15, 0.2) is 0 Å². The van der Waals surface area contributed by atoms with Gasteiger partial charge in [-0.3, -0.25) is 14.9 Å². The molecule has 182 valence electrons. The Kier molecular flexibility index (Phi) is 8.11. The number of anilines is 2. The number of rotatable bonds is 8. The van der Waals surface area contributed by atoms with Crippen molar-refractivity contribution in [3.05, 3.63) is 59.7 Å². The molecule has 1 heterocycles. The van der Waals surface area contributed by atoms with E-state index in [1.54, 1.807) is 18.2 Å². The Balaban J connectivity index is 1.56. The first-order chi connectivity index (χ1) is 16.2. The fourth-order valence-electron chi connectivity index (χ4n) is 3.46. The molecule has 2 aromatic rings. The number of carbonyl (C=O) groups is 3. The van der Waals surface area contributed by atoms with Crippen LogP contribution in [0, 0.1) is 5.92 Å². The number of likely N-dealkylation sites (tertiary alicyclic amines) is 1. The predicted octanol–water partition coefficient (Wildman–Crippen LogP) is 3.89. The van der Waals surface area contributed by atoms with Crippen LogP contribution in [-0.4, -0.2) is 49.7 Å². The van der Waals surface area contributed by atoms with Crippen LogP contribution in [0.15, 0.2) is 48.5 Å². The van der Waals surface area contributed by atoms with Crippen LogP contribution in [0.5, 0.6) is 0 Å². The molecule has 8 nitrogen and oxygen atoms in total. The third kappa shape index (κ3) is 6.95. The predicted molar refractivity (Wildman–Crippen MR) is 117 cm³/mol. The van der Waals surface area contributed by atoms with Crippen molar-refractivity contribution >= 4 is 29.3 Å². The molecule has 1 saturated heterocycles. The standard InChI is InChI=1S/C23H24F3N3O5/c1-33-8-9-34-22(32)28-19-7-3-6-18(12-19)27-21(31)16-11-20(30)29(14-16)13-15-4-2-5-17(10-15)23(24,25)26/h2-7,10,12,16H,8-9,11,13-14H2,1H3,(H,27,31)(H,28,32). The van der Waals surface area contributed by atoms with Crippen molar-refractivity contribution in [1.29, 1.82) is 0 Å². The number of alkyl halides is 3. The van der Waals surface area contributed by atoms with E-state index in [-0.39, 0.29) is 38.6 Å². The first kappa shape index (κ1) is 25.0. The minimum atomic E-state index is -4.47. The number of hydrogen-bond acceptors (Lipinski definition) is 5. The molecule has 0 aromatic heterocycles. The fraction of sp³-hybridized carbons (Fsp3) is 0.348. The van der Waals surface area contributed by atoms with E-state index < -0.39 is 29.7 Å². The summed E-state index contributed by atoms with van der Waals surface area (Å²) < 4.78 is 48.5. The number of methoxy groups -OCH3 is 1. The van der Waals surface area contributed by atoms with Gasteiger partial charge in [-0.05, 0) is 35.9 Å². The number of hydrogen-bond donors (Lipinski definition) is 2. The first-order valence-corrected chi connectivity index (χ1v) is 10.4. The summed E-state index contributed by atoms with van der Waals surface area (Å²) in [6.07, 6.45) is -5.20. The van der Waals surface area contributed by atoms with E-state index >= 15 is 0 Å². The lowest BCUT2D eigenvalue weighted by Gasteiger charge is -2.18. The molecule has 1 unspecified atom stereocenters. The average molecular weight is 479 g/mol. The largest absolute Gasteiger partial charge is 0.447 e. The smallest absolute Gasteiger partial charge is 0.416 e. The van der Waals surface area contributed by atoms with Gasteiger partial charge in [-0.15, -0.1) is 0 Å². The van der Waals surface area contributed by atoms with Gasteiger partial charge in [-0.25, -0.2) is 4.79 Å². The van der Waals surface area contributed by atoms with Crippen molar-refractivity contribution in [3.8, 4) is 0 Å². The van der Waals surface area contributed by atoms with Gasteiger partial charge < -0.3 is 19.7 Å². The third-order valence-electron chi connectivity index (χ3n) is 5.11. The summed E-state index contributed by atoms with van der Waals surface area (Å²) >= 11 is 0. The highest BCUT2D eigenvalue weighted by atomic mass is 19.4. The molecule has 3 rings (SSSR count). The van der Waals surface area contributed by atoms with Crippen LogP contribution in [0.4, 0.5) is 29.3 Å². The normalized spacial score (nSPS) is 15.8. The lowest BCUT2D eigenvalue weighted by Crippen LogP contribution is -2.28. The van der Waals surface area contributed by atoms with Crippen LogP contribution in [0.2, 0.25) is 0 Å². The molecule has 1 atom stereocenters. The molecule has 34 heavy (non-hydrogen) atoms. The summed E-state index contributed by atoms with van der Waals surface area (Å²) in [7, 11) is 1.48. The SMILES string of the molecule is COCCOC(=O)Nc1cccc(NC(=O)C2CC(=O)N(Cc3cccc(C(F)(F)F)c3)C2)c1. The van der Waals surface area contributed by atoms with E-state index in [1.165, 1.54) is 30.2 Å². The van der Waals surface area contributed by atoms with Crippen molar-refractivity contribution in [2.24, 2.45) is 5.92 Å². The second-order valence-corrected chi connectivity index (χ2v) is 7.70. The van der Waals surface area contributed by atoms with Crippen molar-refractivity contribution < 1.29 is 37.0 Å². The van der Waals surface area contributed by atoms with E-state index in [9.17, 15) is 27.6 Å². The number of nitrogens with one attached hydrogen (secondary N) is 2. The van der Waals surface area contributed by atoms with Crippen molar-refractivity contribution in [3.63, 3.8) is 0 Å². The number of nitrogens with zero attached hydrogens (tertiary/aromatic N) is 1. The second-order valence-electron chi connectivity index (χ2n) is 7.70. The molecule has 2 aromatic carbocycles. The summed E-state index contributed by atoms with van der Waals surface area (Å²) in [5.41, 5.74) is 0.347. The van der Waals surface area contributed by atoms with Gasteiger partial charge in [0, 0.05) is 38.0 Å². The average Bonchev–Trinajstić information content (AvgIpc) is 3.14. The highest BCUT2D eigenvalue weighted by molar-refractivity contribution is 5.97. The Labute approximate surface area is 194 Å². The lowest BCUT2D eigenvalue weighted by atomic mass is 10.1. The van der Waals surface area contributed by atoms with E-state index in [4.69, 9.17) is 9.47 Å². The molecule has 2 N–H and O–H groups in total. The molecule has 0 bridgehead atoms. The fourth-order valence-corrected chi connectivity index (χ4v) is 3.46. The van der Waals surface area contributed by atoms with E-state index in [0.717, 1.165) is 12.1 Å². The second kappa shape index (κ2) is 11.0. The number of benzene rings is 2. The van der Waals surface area contributed by atoms with Crippen LogP contribution in [-0.2, 0) is 31.8 Å². The van der Waals surface area contributed by atoms with Crippen LogP contribution < -0.4 is 10.6 Å². The van der Waals surface area contributed by atoms with Gasteiger partial charge >= 0.3 is 12.3 Å². The van der Waals surface area contributed by atoms with Crippen molar-refractivity contribution in [1.82, 2.24) is 4.90 Å². The van der Waals surface area contributed by atoms with Crippen molar-refractivity contribution in [2.45, 2.75) is 19.1 Å². The number of amides is 3. The zero-order chi connectivity index (χ0) is 24.7. The van der Waals surface area contributed by atoms with E-state index in [1.807, 2.05) is 0 Å². The van der Waals surface area contributed by atoms with Gasteiger partial charge in [0.25, 0.3) is 0 Å². The van der Waals surface area contributed by atoms with E-state index in [0.29, 0.717) is 16.9 Å². The molecule has 1 aliphatic heterocycles. The summed E-state index contributed by atoms with van der Waals surface area (Å²) in [4.78, 5) is 38.2. The molecule has 0 saturated carbocycles. The number of halogens is 3. The first-order valence-electron chi connectivity index (χ1n) is 10.4. The number of carbonyl (C=O) groups excluding carboxylic acids is 3. The maximum atomic E-state index is 12.9. The molecule has 0 spiro atoms. The molecule has 0 radical (unpaired) electrons. The number of ether oxygens (including phenoxy) is 2. The zero-order valence-corrected chi connectivity index (χ0v) is 18.4. The van der Waals surface area contributed by atoms with Gasteiger partial charge in [-0.2, -0.15) is 13.2 Å². The minimum Gasteiger partial charge on any atom is -0.447 e. The highest BCUT2D eigenvalue weighted by Crippen LogP contribution is 2.30. The van der Waals surface area contributed by atoms with Crippen LogP contribution in [0.3, 0.4) is 0 Å². The van der Waals surface area contributed by atoms with Crippen LogP contribution in [0.1, 0.15) is 17.5 Å². The molecule has 3 amide bonds. The molecular weight excluding hydrogens is 455 g/mol. The zero-order valence-electron chi connectivity index (χ0n) is 18.4. The third-order valence-corrected chi connectivity index (χ3v) is 5.11. The Morgan fingerprint density at radius 2 is 1.76 bits per heavy atom. The lowest BCUT2D eigenvalue weighted by molar-refractivity contribution is -0.137. The Bertz CT molecular complexity index is 1040. The summed E-state index contributed by atoms with van der Waals surface area (Å²) in [6, 6.07) is 11.2. The summed E-state index contributed by atoms with van der Waals surface area (Å²) in [6.45, 7) is 0.418. The molecule has 0 aliphatic carbocycles. The Morgan fingerprint density at radius 1 is 1.06 bits per heavy atom.